The fraction of sp³-hybridized carbons (Fsp3) is 0.111. The van der Waals surface area contributed by atoms with E-state index in [4.69, 9.17) is 29.6 Å². The van der Waals surface area contributed by atoms with Gasteiger partial charge in [-0.15, -0.1) is 0 Å². The molecule has 0 aliphatic rings. The second kappa shape index (κ2) is 11.7. The second-order valence-electron chi connectivity index (χ2n) is 8.45. The minimum absolute atomic E-state index is 0.0642. The van der Waals surface area contributed by atoms with E-state index in [-0.39, 0.29) is 21.7 Å². The monoisotopic (exact) mass is 538 g/mol. The first-order valence-electron chi connectivity index (χ1n) is 11.0. The summed E-state index contributed by atoms with van der Waals surface area (Å²) >= 11 is 2.83. The van der Waals surface area contributed by atoms with Gasteiger partial charge in [0.05, 0.1) is 11.4 Å². The first kappa shape index (κ1) is 27.4. The Morgan fingerprint density at radius 2 is 1.14 bits per heavy atom. The molecule has 0 saturated carbocycles. The van der Waals surface area contributed by atoms with Crippen molar-refractivity contribution < 1.29 is 26.6 Å². The van der Waals surface area contributed by atoms with Crippen molar-refractivity contribution in [3.63, 3.8) is 0 Å². The zero-order valence-corrected chi connectivity index (χ0v) is 21.8. The number of rotatable bonds is 8. The molecule has 10 heteroatoms. The fourth-order valence-electron chi connectivity index (χ4n) is 3.55. The van der Waals surface area contributed by atoms with Crippen LogP contribution in [0.2, 0.25) is 0 Å². The van der Waals surface area contributed by atoms with Gasteiger partial charge in [-0.05, 0) is 59.7 Å². The number of nitrogens with two attached hydrogens (primary N) is 2. The Morgan fingerprint density at radius 1 is 0.649 bits per heavy atom. The number of hydrogen-bond donors (Lipinski definition) is 2. The largest absolute Gasteiger partial charge is 0.398 e. The number of hydrogen-bond acceptors (Lipinski definition) is 9. The lowest BCUT2D eigenvalue weighted by Crippen LogP contribution is -2.19. The highest BCUT2D eigenvalue weighted by molar-refractivity contribution is 7.87. The van der Waals surface area contributed by atoms with Crippen LogP contribution in [-0.2, 0) is 28.1 Å². The molecule has 0 spiro atoms. The van der Waals surface area contributed by atoms with Gasteiger partial charge in [0, 0.05) is 5.41 Å². The van der Waals surface area contributed by atoms with Gasteiger partial charge < -0.3 is 15.7 Å². The van der Waals surface area contributed by atoms with E-state index in [1.165, 1.54) is 12.1 Å². The van der Waals surface area contributed by atoms with E-state index >= 15 is 0 Å². The van der Waals surface area contributed by atoms with Crippen LogP contribution in [0.4, 0.5) is 11.4 Å². The Labute approximate surface area is 221 Å². The number of anilines is 2. The van der Waals surface area contributed by atoms with Crippen molar-refractivity contribution in [1.29, 1.82) is 0 Å². The van der Waals surface area contributed by atoms with Crippen LogP contribution < -0.4 is 25.4 Å². The second-order valence-corrected chi connectivity index (χ2v) is 9.97. The highest BCUT2D eigenvalue weighted by Crippen LogP contribution is 2.34. The zero-order valence-electron chi connectivity index (χ0n) is 20.2. The number of benzene rings is 4. The molecule has 192 valence electrons. The van der Waals surface area contributed by atoms with Crippen molar-refractivity contribution in [2.45, 2.75) is 24.2 Å². The van der Waals surface area contributed by atoms with Crippen LogP contribution in [0.25, 0.3) is 0 Å². The summed E-state index contributed by atoms with van der Waals surface area (Å²) in [5.74, 6) is 1.17. The van der Waals surface area contributed by atoms with E-state index in [1.807, 2.05) is 48.5 Å². The van der Waals surface area contributed by atoms with Crippen LogP contribution >= 0.6 is 0 Å². The quantitative estimate of drug-likeness (QED) is 0.138. The van der Waals surface area contributed by atoms with E-state index in [0.29, 0.717) is 17.2 Å². The van der Waals surface area contributed by atoms with Gasteiger partial charge in [-0.2, -0.15) is 12.6 Å². The van der Waals surface area contributed by atoms with Crippen molar-refractivity contribution in [2.75, 3.05) is 11.5 Å². The fourth-order valence-corrected chi connectivity index (χ4v) is 4.61. The molecule has 4 rings (SSSR count). The third kappa shape index (κ3) is 6.54. The molecule has 0 bridgehead atoms. The van der Waals surface area contributed by atoms with Gasteiger partial charge in [0.25, 0.3) is 0 Å². The van der Waals surface area contributed by atoms with Gasteiger partial charge in [0.2, 0.25) is 5.75 Å². The molecule has 0 heterocycles. The summed E-state index contributed by atoms with van der Waals surface area (Å²) < 4.78 is 38.3. The maximum Gasteiger partial charge on any atom is 0.341 e. The summed E-state index contributed by atoms with van der Waals surface area (Å²) in [6.45, 7) is 4.14. The molecule has 4 aromatic carbocycles. The molecule has 0 atom stereocenters. The molecule has 0 amide bonds. The Balaban J connectivity index is 0.00000186. The van der Waals surface area contributed by atoms with Crippen molar-refractivity contribution in [3.05, 3.63) is 108 Å². The van der Waals surface area contributed by atoms with E-state index in [2.05, 4.69) is 26.4 Å². The predicted octanol–water partition coefficient (Wildman–Crippen LogP) is 4.98. The SMILES string of the molecule is CC(C)(c1ccc(OOc2ccccc2N)cc1)c1ccc(OS(=O)(=O)c2ccccc2N)cc1.O=S. The summed E-state index contributed by atoms with van der Waals surface area (Å²) in [7, 11) is -4.04. The Bertz CT molecular complexity index is 1440. The standard InChI is InChI=1S/C27H26N2O5S.OS/c1-27(2,19-11-15-21(16-12-19)32-33-25-9-5-3-7-23(25)28)20-13-17-22(18-14-20)34-35(30,31)26-10-6-4-8-24(26)29;1-2/h3-18H,28-29H2,1-2H3;. The number of para-hydroxylation sites is 3. The van der Waals surface area contributed by atoms with Crippen LogP contribution in [0.15, 0.2) is 102 Å². The third-order valence-electron chi connectivity index (χ3n) is 5.69. The topological polar surface area (TPSA) is 131 Å². The van der Waals surface area contributed by atoms with E-state index in [9.17, 15) is 8.42 Å². The molecular weight excluding hydrogens is 512 g/mol. The third-order valence-corrected chi connectivity index (χ3v) is 7.02. The zero-order chi connectivity index (χ0) is 27.1. The smallest absolute Gasteiger partial charge is 0.341 e. The number of nitrogen functional groups attached to an aromatic ring is 2. The van der Waals surface area contributed by atoms with Gasteiger partial charge in [0.1, 0.15) is 10.6 Å². The summed E-state index contributed by atoms with van der Waals surface area (Å²) in [5, 5.41) is 0. The maximum absolute atomic E-state index is 12.6. The van der Waals surface area contributed by atoms with Crippen molar-refractivity contribution >= 4 is 34.0 Å². The Morgan fingerprint density at radius 3 is 1.68 bits per heavy atom. The molecule has 0 aliphatic heterocycles. The van der Waals surface area contributed by atoms with Crippen LogP contribution in [0.3, 0.4) is 0 Å². The van der Waals surface area contributed by atoms with Gasteiger partial charge in [-0.3, -0.25) is 9.78 Å². The van der Waals surface area contributed by atoms with E-state index in [1.54, 1.807) is 36.4 Å². The average Bonchev–Trinajstić information content (AvgIpc) is 2.90. The molecule has 8 nitrogen and oxygen atoms in total. The van der Waals surface area contributed by atoms with Crippen molar-refractivity contribution in [3.8, 4) is 17.2 Å². The van der Waals surface area contributed by atoms with Crippen molar-refractivity contribution in [2.24, 2.45) is 0 Å². The molecule has 0 saturated heterocycles. The van der Waals surface area contributed by atoms with Crippen LogP contribution in [-0.4, -0.2) is 12.6 Å². The highest BCUT2D eigenvalue weighted by atomic mass is 32.2. The van der Waals surface area contributed by atoms with E-state index in [0.717, 1.165) is 11.1 Å². The lowest BCUT2D eigenvalue weighted by atomic mass is 9.78. The normalized spacial score (nSPS) is 11.1. The van der Waals surface area contributed by atoms with Crippen LogP contribution in [0.1, 0.15) is 25.0 Å². The van der Waals surface area contributed by atoms with Gasteiger partial charge in [-0.25, -0.2) is 0 Å². The predicted molar refractivity (Wildman–Crippen MR) is 144 cm³/mol. The first-order chi connectivity index (χ1) is 17.7. The average molecular weight is 539 g/mol. The Hall–Kier alpha value is -4.15. The van der Waals surface area contributed by atoms with Crippen LogP contribution in [0.5, 0.6) is 17.2 Å². The molecule has 4 aromatic rings. The molecule has 0 fully saturated rings. The highest BCUT2D eigenvalue weighted by Gasteiger charge is 2.24. The van der Waals surface area contributed by atoms with Gasteiger partial charge >= 0.3 is 10.1 Å². The minimum atomic E-state index is -4.04. The van der Waals surface area contributed by atoms with Crippen LogP contribution in [0, 0.1) is 0 Å². The molecule has 0 aromatic heterocycles. The Kier molecular flexibility index (Phi) is 8.69. The first-order valence-corrected chi connectivity index (χ1v) is 12.8. The molecule has 37 heavy (non-hydrogen) atoms. The van der Waals surface area contributed by atoms with Gasteiger partial charge in [0.15, 0.2) is 18.3 Å². The summed E-state index contributed by atoms with van der Waals surface area (Å²) in [6, 6.07) is 27.7. The lowest BCUT2D eigenvalue weighted by Gasteiger charge is -2.26. The molecule has 0 unspecified atom stereocenters. The summed E-state index contributed by atoms with van der Waals surface area (Å²) in [4.78, 5) is 10.7. The molecule has 4 N–H and O–H groups in total. The summed E-state index contributed by atoms with van der Waals surface area (Å²) in [6.07, 6.45) is 0. The minimum Gasteiger partial charge on any atom is -0.398 e. The molecule has 0 radical (unpaired) electrons. The van der Waals surface area contributed by atoms with Gasteiger partial charge in [-0.1, -0.05) is 62.4 Å². The van der Waals surface area contributed by atoms with Crippen molar-refractivity contribution in [1.82, 2.24) is 0 Å². The molecule has 0 aliphatic carbocycles. The lowest BCUT2D eigenvalue weighted by molar-refractivity contribution is -0.0991. The summed E-state index contributed by atoms with van der Waals surface area (Å²) in [5.41, 5.74) is 13.9. The molecular formula is C27H26N2O6S2. The van der Waals surface area contributed by atoms with E-state index < -0.39 is 10.1 Å². The maximum atomic E-state index is 12.6.